The van der Waals surface area contributed by atoms with Gasteiger partial charge in [-0.15, -0.1) is 0 Å². The van der Waals surface area contributed by atoms with Gasteiger partial charge in [-0.25, -0.2) is 5.43 Å². The van der Waals surface area contributed by atoms with Gasteiger partial charge in [-0.3, -0.25) is 0 Å². The fourth-order valence-electron chi connectivity index (χ4n) is 2.95. The van der Waals surface area contributed by atoms with Crippen LogP contribution in [0.5, 0.6) is 0 Å². The number of nitrogens with zero attached hydrogens (tertiary/aromatic N) is 5. The summed E-state index contributed by atoms with van der Waals surface area (Å²) in [5.74, 6) is 1.38. The standard InChI is InChI=1S/C21H24N8O/c1-15(16-7-9-17(22)10-8-16)27-28-20-24-19(23-18-5-3-2-4-6-18)25-21(26-20)29-11-13-30-14-12-29/h2-10H,11-14,22H2,1H3,(H2,23,24,25,26,28). The van der Waals surface area contributed by atoms with E-state index in [-0.39, 0.29) is 0 Å². The second kappa shape index (κ2) is 9.19. The lowest BCUT2D eigenvalue weighted by Crippen LogP contribution is -2.37. The van der Waals surface area contributed by atoms with E-state index in [2.05, 4.69) is 35.7 Å². The Morgan fingerprint density at radius 3 is 2.40 bits per heavy atom. The van der Waals surface area contributed by atoms with Gasteiger partial charge in [-0.2, -0.15) is 20.1 Å². The van der Waals surface area contributed by atoms with Crippen LogP contribution in [0.2, 0.25) is 0 Å². The SMILES string of the molecule is CC(=NNc1nc(Nc2ccccc2)nc(N2CCOCC2)n1)c1ccc(N)cc1. The van der Waals surface area contributed by atoms with Crippen molar-refractivity contribution in [2.24, 2.45) is 5.10 Å². The first-order valence-electron chi connectivity index (χ1n) is 9.74. The third-order valence-electron chi connectivity index (χ3n) is 4.60. The summed E-state index contributed by atoms with van der Waals surface area (Å²) < 4.78 is 5.44. The Morgan fingerprint density at radius 1 is 0.967 bits per heavy atom. The molecule has 0 atom stereocenters. The average Bonchev–Trinajstić information content (AvgIpc) is 2.79. The van der Waals surface area contributed by atoms with Gasteiger partial charge in [0, 0.05) is 24.5 Å². The molecule has 2 heterocycles. The molecule has 1 saturated heterocycles. The predicted molar refractivity (Wildman–Crippen MR) is 119 cm³/mol. The Balaban J connectivity index is 1.59. The van der Waals surface area contributed by atoms with E-state index < -0.39 is 0 Å². The number of hydrogen-bond donors (Lipinski definition) is 3. The summed E-state index contributed by atoms with van der Waals surface area (Å²) >= 11 is 0. The largest absolute Gasteiger partial charge is 0.399 e. The summed E-state index contributed by atoms with van der Waals surface area (Å²) in [5.41, 5.74) is 12.1. The first-order chi connectivity index (χ1) is 14.7. The maximum absolute atomic E-state index is 5.76. The number of benzene rings is 2. The van der Waals surface area contributed by atoms with E-state index in [1.807, 2.05) is 61.5 Å². The summed E-state index contributed by atoms with van der Waals surface area (Å²) in [6, 6.07) is 17.3. The second-order valence-electron chi connectivity index (χ2n) is 6.80. The van der Waals surface area contributed by atoms with Crippen molar-refractivity contribution >= 4 is 34.9 Å². The zero-order valence-electron chi connectivity index (χ0n) is 16.7. The van der Waals surface area contributed by atoms with Crippen molar-refractivity contribution in [2.45, 2.75) is 6.92 Å². The minimum absolute atomic E-state index is 0.361. The second-order valence-corrected chi connectivity index (χ2v) is 6.80. The first kappa shape index (κ1) is 19.6. The Kier molecular flexibility index (Phi) is 6.00. The molecular weight excluding hydrogens is 380 g/mol. The molecule has 0 radical (unpaired) electrons. The van der Waals surface area contributed by atoms with Crippen LogP contribution in [0.25, 0.3) is 0 Å². The lowest BCUT2D eigenvalue weighted by atomic mass is 10.1. The van der Waals surface area contributed by atoms with Gasteiger partial charge in [0.05, 0.1) is 18.9 Å². The number of hydrazone groups is 1. The van der Waals surface area contributed by atoms with Crippen molar-refractivity contribution in [3.63, 3.8) is 0 Å². The van der Waals surface area contributed by atoms with E-state index >= 15 is 0 Å². The van der Waals surface area contributed by atoms with Crippen LogP contribution in [-0.4, -0.2) is 47.0 Å². The van der Waals surface area contributed by atoms with Crippen LogP contribution in [0, 0.1) is 0 Å². The molecule has 4 rings (SSSR count). The van der Waals surface area contributed by atoms with Crippen LogP contribution in [0.4, 0.5) is 29.2 Å². The van der Waals surface area contributed by atoms with E-state index in [1.165, 1.54) is 0 Å². The fourth-order valence-corrected chi connectivity index (χ4v) is 2.95. The smallest absolute Gasteiger partial charge is 0.250 e. The van der Waals surface area contributed by atoms with Crippen LogP contribution in [-0.2, 0) is 4.74 Å². The molecule has 1 aromatic heterocycles. The van der Waals surface area contributed by atoms with Gasteiger partial charge in [0.25, 0.3) is 0 Å². The lowest BCUT2D eigenvalue weighted by Gasteiger charge is -2.27. The number of morpholine rings is 1. The summed E-state index contributed by atoms with van der Waals surface area (Å²) in [6.07, 6.45) is 0. The molecule has 0 amide bonds. The number of ether oxygens (including phenoxy) is 1. The molecule has 1 fully saturated rings. The van der Waals surface area contributed by atoms with Gasteiger partial charge >= 0.3 is 0 Å². The number of anilines is 5. The molecular formula is C21H24N8O. The number of rotatable bonds is 6. The molecule has 30 heavy (non-hydrogen) atoms. The number of para-hydroxylation sites is 1. The third-order valence-corrected chi connectivity index (χ3v) is 4.60. The highest BCUT2D eigenvalue weighted by atomic mass is 16.5. The van der Waals surface area contributed by atoms with Crippen molar-refractivity contribution < 1.29 is 4.74 Å². The van der Waals surface area contributed by atoms with Crippen molar-refractivity contribution in [1.82, 2.24) is 15.0 Å². The Morgan fingerprint density at radius 2 is 1.67 bits per heavy atom. The molecule has 0 saturated carbocycles. The molecule has 154 valence electrons. The topological polar surface area (TPSA) is 114 Å². The molecule has 0 bridgehead atoms. The number of nitrogens with two attached hydrogens (primary N) is 1. The molecule has 0 aliphatic carbocycles. The molecule has 2 aromatic carbocycles. The van der Waals surface area contributed by atoms with Gasteiger partial charge in [-0.1, -0.05) is 30.3 Å². The number of nitrogen functional groups attached to an aromatic ring is 1. The van der Waals surface area contributed by atoms with Crippen LogP contribution in [0.1, 0.15) is 12.5 Å². The zero-order valence-corrected chi connectivity index (χ0v) is 16.7. The number of aromatic nitrogens is 3. The molecule has 9 heteroatoms. The minimum Gasteiger partial charge on any atom is -0.399 e. The van der Waals surface area contributed by atoms with Gasteiger partial charge in [-0.05, 0) is 36.8 Å². The molecule has 1 aliphatic heterocycles. The lowest BCUT2D eigenvalue weighted by molar-refractivity contribution is 0.122. The van der Waals surface area contributed by atoms with Crippen LogP contribution < -0.4 is 21.4 Å². The van der Waals surface area contributed by atoms with Crippen molar-refractivity contribution in [1.29, 1.82) is 0 Å². The molecule has 0 spiro atoms. The summed E-state index contributed by atoms with van der Waals surface area (Å²) in [6.45, 7) is 4.64. The highest BCUT2D eigenvalue weighted by Gasteiger charge is 2.16. The third kappa shape index (κ3) is 5.00. The molecule has 4 N–H and O–H groups in total. The van der Waals surface area contributed by atoms with E-state index in [0.29, 0.717) is 36.7 Å². The van der Waals surface area contributed by atoms with Gasteiger partial charge in [0.2, 0.25) is 17.8 Å². The van der Waals surface area contributed by atoms with E-state index in [4.69, 9.17) is 10.5 Å². The fraction of sp³-hybridized carbons (Fsp3) is 0.238. The summed E-state index contributed by atoms with van der Waals surface area (Å²) in [4.78, 5) is 15.7. The van der Waals surface area contributed by atoms with Crippen molar-refractivity contribution in [3.05, 3.63) is 60.2 Å². The maximum Gasteiger partial charge on any atom is 0.250 e. The average molecular weight is 404 g/mol. The Labute approximate surface area is 175 Å². The van der Waals surface area contributed by atoms with Gasteiger partial charge < -0.3 is 20.7 Å². The van der Waals surface area contributed by atoms with E-state index in [0.717, 1.165) is 30.1 Å². The Hall–Kier alpha value is -3.72. The van der Waals surface area contributed by atoms with Crippen LogP contribution in [0.3, 0.4) is 0 Å². The highest BCUT2D eigenvalue weighted by molar-refractivity contribution is 5.99. The van der Waals surface area contributed by atoms with Crippen LogP contribution in [0.15, 0.2) is 59.7 Å². The molecule has 1 aliphatic rings. The summed E-state index contributed by atoms with van der Waals surface area (Å²) in [5, 5.41) is 7.66. The van der Waals surface area contributed by atoms with Crippen LogP contribution >= 0.6 is 0 Å². The number of hydrogen-bond acceptors (Lipinski definition) is 9. The highest BCUT2D eigenvalue weighted by Crippen LogP contribution is 2.18. The predicted octanol–water partition coefficient (Wildman–Crippen LogP) is 2.87. The monoisotopic (exact) mass is 404 g/mol. The van der Waals surface area contributed by atoms with E-state index in [9.17, 15) is 0 Å². The van der Waals surface area contributed by atoms with Crippen molar-refractivity contribution in [3.8, 4) is 0 Å². The maximum atomic E-state index is 5.76. The molecule has 9 nitrogen and oxygen atoms in total. The summed E-state index contributed by atoms with van der Waals surface area (Å²) in [7, 11) is 0. The number of nitrogens with one attached hydrogen (secondary N) is 2. The first-order valence-corrected chi connectivity index (χ1v) is 9.74. The zero-order chi connectivity index (χ0) is 20.8. The normalized spacial score (nSPS) is 14.4. The Bertz CT molecular complexity index is 1000. The minimum atomic E-state index is 0.361. The van der Waals surface area contributed by atoms with Gasteiger partial charge in [0.1, 0.15) is 0 Å². The molecule has 0 unspecified atom stereocenters. The van der Waals surface area contributed by atoms with Crippen molar-refractivity contribution in [2.75, 3.05) is 47.7 Å². The van der Waals surface area contributed by atoms with Gasteiger partial charge in [0.15, 0.2) is 0 Å². The quantitative estimate of drug-likeness (QED) is 0.326. The molecule has 3 aromatic rings. The van der Waals surface area contributed by atoms with E-state index in [1.54, 1.807) is 0 Å².